The van der Waals surface area contributed by atoms with Crippen molar-refractivity contribution in [1.82, 2.24) is 14.8 Å². The van der Waals surface area contributed by atoms with Gasteiger partial charge in [0.2, 0.25) is 17.7 Å². The van der Waals surface area contributed by atoms with Crippen molar-refractivity contribution in [3.8, 4) is 0 Å². The summed E-state index contributed by atoms with van der Waals surface area (Å²) >= 11 is 2.12. The van der Waals surface area contributed by atoms with Gasteiger partial charge >= 0.3 is 4.87 Å². The van der Waals surface area contributed by atoms with Crippen molar-refractivity contribution in [1.29, 1.82) is 0 Å². The molecule has 11 heteroatoms. The van der Waals surface area contributed by atoms with Crippen molar-refractivity contribution in [3.63, 3.8) is 0 Å². The van der Waals surface area contributed by atoms with Crippen molar-refractivity contribution in [2.24, 2.45) is 5.92 Å². The number of fused-ring (bicyclic) bond motifs is 2. The van der Waals surface area contributed by atoms with Gasteiger partial charge in [-0.3, -0.25) is 29.1 Å². The molecule has 2 aromatic rings. The number of imide groups is 1. The molecule has 2 saturated heterocycles. The summed E-state index contributed by atoms with van der Waals surface area (Å²) in [6.07, 6.45) is 0. The van der Waals surface area contributed by atoms with Crippen molar-refractivity contribution in [2.45, 2.75) is 22.7 Å². The molecule has 0 spiro atoms. The number of hydrogen-bond donors (Lipinski definition) is 1. The Morgan fingerprint density at radius 2 is 1.84 bits per heavy atom. The third kappa shape index (κ3) is 3.50. The van der Waals surface area contributed by atoms with E-state index in [0.717, 1.165) is 23.1 Å². The molecule has 3 unspecified atom stereocenters. The standard InChI is InChI=1S/C20H18FN3O5S2/c21-11-3-1-10(2-4-11)13-14-15(18(27)22-17(14)26)30-19-16(13)31-20(28)24(19)9-12(25)23-5-7-29-8-6-23/h1-4,13-15H,5-9H2,(H,22,26,27). The Labute approximate surface area is 184 Å². The normalized spacial score (nSPS) is 25.2. The second kappa shape index (κ2) is 7.88. The Morgan fingerprint density at radius 3 is 2.55 bits per heavy atom. The molecule has 3 amide bonds. The van der Waals surface area contributed by atoms with E-state index >= 15 is 0 Å². The fraction of sp³-hybridized carbons (Fsp3) is 0.400. The number of nitrogens with zero attached hydrogens (tertiary/aromatic N) is 2. The van der Waals surface area contributed by atoms with E-state index in [0.29, 0.717) is 41.8 Å². The minimum absolute atomic E-state index is 0.138. The van der Waals surface area contributed by atoms with Crippen LogP contribution >= 0.6 is 23.1 Å². The molecule has 0 saturated carbocycles. The van der Waals surface area contributed by atoms with Gasteiger partial charge in [-0.25, -0.2) is 4.39 Å². The van der Waals surface area contributed by atoms with E-state index < -0.39 is 34.7 Å². The number of halogens is 1. The van der Waals surface area contributed by atoms with Crippen LogP contribution in [0.15, 0.2) is 34.1 Å². The molecule has 3 aliphatic rings. The minimum atomic E-state index is -0.714. The molecule has 162 valence electrons. The summed E-state index contributed by atoms with van der Waals surface area (Å²) in [5.74, 6) is -2.69. The summed E-state index contributed by atoms with van der Waals surface area (Å²) in [5.41, 5.74) is 0.649. The second-order valence-corrected chi connectivity index (χ2v) is 9.69. The molecule has 5 rings (SSSR count). The molecule has 0 radical (unpaired) electrons. The highest BCUT2D eigenvalue weighted by Crippen LogP contribution is 2.51. The zero-order valence-corrected chi connectivity index (χ0v) is 17.8. The predicted molar refractivity (Wildman–Crippen MR) is 111 cm³/mol. The van der Waals surface area contributed by atoms with Crippen LogP contribution in [0.1, 0.15) is 16.4 Å². The number of carbonyl (C=O) groups excluding carboxylic acids is 3. The number of rotatable bonds is 3. The number of amides is 3. The van der Waals surface area contributed by atoms with Crippen LogP contribution in [0.25, 0.3) is 0 Å². The van der Waals surface area contributed by atoms with Crippen molar-refractivity contribution in [3.05, 3.63) is 50.2 Å². The Morgan fingerprint density at radius 1 is 1.13 bits per heavy atom. The van der Waals surface area contributed by atoms with Gasteiger partial charge in [0.25, 0.3) is 0 Å². The van der Waals surface area contributed by atoms with E-state index in [-0.39, 0.29) is 17.3 Å². The maximum absolute atomic E-state index is 13.5. The molecular formula is C20H18FN3O5S2. The number of ether oxygens (including phenoxy) is 1. The van der Waals surface area contributed by atoms with Crippen molar-refractivity contribution in [2.75, 3.05) is 26.3 Å². The fourth-order valence-electron chi connectivity index (χ4n) is 4.25. The first-order valence-corrected chi connectivity index (χ1v) is 11.5. The van der Waals surface area contributed by atoms with Crippen LogP contribution < -0.4 is 10.2 Å². The summed E-state index contributed by atoms with van der Waals surface area (Å²) in [7, 11) is 0. The first-order valence-electron chi connectivity index (χ1n) is 9.80. The van der Waals surface area contributed by atoms with E-state index in [4.69, 9.17) is 4.74 Å². The molecule has 3 aliphatic heterocycles. The van der Waals surface area contributed by atoms with Crippen LogP contribution in [0, 0.1) is 11.7 Å². The topological polar surface area (TPSA) is 97.7 Å². The van der Waals surface area contributed by atoms with E-state index in [9.17, 15) is 23.6 Å². The van der Waals surface area contributed by atoms with Gasteiger partial charge in [-0.1, -0.05) is 35.2 Å². The van der Waals surface area contributed by atoms with E-state index in [2.05, 4.69) is 5.32 Å². The zero-order chi connectivity index (χ0) is 21.7. The fourth-order valence-corrected chi connectivity index (χ4v) is 6.99. The Bertz CT molecular complexity index is 1120. The van der Waals surface area contributed by atoms with Gasteiger partial charge in [0, 0.05) is 23.9 Å². The van der Waals surface area contributed by atoms with Gasteiger partial charge in [-0.05, 0) is 17.7 Å². The van der Waals surface area contributed by atoms with Gasteiger partial charge in [-0.2, -0.15) is 0 Å². The second-order valence-electron chi connectivity index (χ2n) is 7.56. The predicted octanol–water partition coefficient (Wildman–Crippen LogP) is 0.786. The smallest absolute Gasteiger partial charge is 0.308 e. The number of aromatic nitrogens is 1. The number of hydrogen-bond acceptors (Lipinski definition) is 7. The lowest BCUT2D eigenvalue weighted by Gasteiger charge is -2.31. The maximum atomic E-state index is 13.5. The number of benzene rings is 1. The highest BCUT2D eigenvalue weighted by atomic mass is 32.2. The molecule has 1 aromatic carbocycles. The van der Waals surface area contributed by atoms with Crippen LogP contribution in [0.2, 0.25) is 0 Å². The maximum Gasteiger partial charge on any atom is 0.308 e. The van der Waals surface area contributed by atoms with Gasteiger partial charge in [0.1, 0.15) is 17.6 Å². The number of morpholine rings is 1. The van der Waals surface area contributed by atoms with Gasteiger partial charge in [0.15, 0.2) is 0 Å². The zero-order valence-electron chi connectivity index (χ0n) is 16.2. The summed E-state index contributed by atoms with van der Waals surface area (Å²) < 4.78 is 20.2. The lowest BCUT2D eigenvalue weighted by Crippen LogP contribution is -2.43. The highest BCUT2D eigenvalue weighted by molar-refractivity contribution is 8.00. The van der Waals surface area contributed by atoms with E-state index in [1.54, 1.807) is 17.0 Å². The molecule has 1 N–H and O–H groups in total. The van der Waals surface area contributed by atoms with E-state index in [1.807, 2.05) is 0 Å². The first kappa shape index (κ1) is 20.4. The van der Waals surface area contributed by atoms with Crippen LogP contribution in [0.4, 0.5) is 4.39 Å². The quantitative estimate of drug-likeness (QED) is 0.676. The average molecular weight is 464 g/mol. The molecule has 4 heterocycles. The third-order valence-electron chi connectivity index (χ3n) is 5.77. The lowest BCUT2D eigenvalue weighted by atomic mass is 9.83. The molecule has 3 atom stereocenters. The highest BCUT2D eigenvalue weighted by Gasteiger charge is 2.52. The van der Waals surface area contributed by atoms with Crippen LogP contribution in [-0.4, -0.2) is 58.7 Å². The molecule has 8 nitrogen and oxygen atoms in total. The number of nitrogens with one attached hydrogen (secondary N) is 1. The molecular weight excluding hydrogens is 445 g/mol. The monoisotopic (exact) mass is 463 g/mol. The Kier molecular flexibility index (Phi) is 5.19. The number of thiazole rings is 1. The summed E-state index contributed by atoms with van der Waals surface area (Å²) in [6, 6.07) is 5.73. The first-order chi connectivity index (χ1) is 14.9. The Balaban J connectivity index is 1.56. The largest absolute Gasteiger partial charge is 0.378 e. The molecule has 1 aromatic heterocycles. The van der Waals surface area contributed by atoms with Crippen LogP contribution in [-0.2, 0) is 25.7 Å². The lowest BCUT2D eigenvalue weighted by molar-refractivity contribution is -0.136. The van der Waals surface area contributed by atoms with E-state index in [1.165, 1.54) is 16.7 Å². The Hall–Kier alpha value is -2.50. The number of thioether (sulfide) groups is 1. The molecule has 31 heavy (non-hydrogen) atoms. The van der Waals surface area contributed by atoms with Crippen molar-refractivity contribution >= 4 is 40.8 Å². The van der Waals surface area contributed by atoms with Crippen LogP contribution in [0.3, 0.4) is 0 Å². The van der Waals surface area contributed by atoms with Gasteiger partial charge in [0.05, 0.1) is 24.2 Å². The van der Waals surface area contributed by atoms with Gasteiger partial charge < -0.3 is 9.64 Å². The molecule has 2 fully saturated rings. The third-order valence-corrected chi connectivity index (χ3v) is 8.39. The summed E-state index contributed by atoms with van der Waals surface area (Å²) in [5, 5.41) is 2.19. The summed E-state index contributed by atoms with van der Waals surface area (Å²) in [6.45, 7) is 1.70. The summed E-state index contributed by atoms with van der Waals surface area (Å²) in [4.78, 5) is 52.6. The van der Waals surface area contributed by atoms with Crippen molar-refractivity contribution < 1.29 is 23.5 Å². The number of carbonyl (C=O) groups is 3. The average Bonchev–Trinajstić information content (AvgIpc) is 3.23. The molecule has 0 bridgehead atoms. The molecule has 0 aliphatic carbocycles. The van der Waals surface area contributed by atoms with Crippen LogP contribution in [0.5, 0.6) is 0 Å². The minimum Gasteiger partial charge on any atom is -0.378 e. The SMILES string of the molecule is O=C1NC(=O)C2C1Sc1c(sc(=O)n1CC(=O)N1CCOCC1)C2c1ccc(F)cc1. The van der Waals surface area contributed by atoms with Gasteiger partial charge in [-0.15, -0.1) is 0 Å².